The van der Waals surface area contributed by atoms with E-state index in [1.54, 1.807) is 7.11 Å². The number of methoxy groups -OCH3 is 1. The first kappa shape index (κ1) is 15.3. The molecule has 4 saturated carbocycles. The average Bonchev–Trinajstić information content (AvgIpc) is 2.41. The Morgan fingerprint density at radius 1 is 1.24 bits per heavy atom. The van der Waals surface area contributed by atoms with Crippen LogP contribution >= 0.6 is 0 Å². The van der Waals surface area contributed by atoms with E-state index >= 15 is 0 Å². The van der Waals surface area contributed by atoms with Gasteiger partial charge in [0, 0.05) is 27.3 Å². The molecular weight excluding hydrogens is 264 g/mol. The van der Waals surface area contributed by atoms with Gasteiger partial charge in [0.1, 0.15) is 0 Å². The van der Waals surface area contributed by atoms with E-state index in [0.29, 0.717) is 18.4 Å². The van der Waals surface area contributed by atoms with Crippen molar-refractivity contribution in [3.05, 3.63) is 0 Å². The maximum Gasteiger partial charge on any atom is 0.239 e. The highest BCUT2D eigenvalue weighted by Crippen LogP contribution is 2.60. The van der Waals surface area contributed by atoms with E-state index in [2.05, 4.69) is 0 Å². The first-order valence-electron chi connectivity index (χ1n) is 8.51. The van der Waals surface area contributed by atoms with Crippen LogP contribution in [0.15, 0.2) is 0 Å². The normalized spacial score (nSPS) is 38.5. The van der Waals surface area contributed by atoms with Gasteiger partial charge in [0.15, 0.2) is 0 Å². The fraction of sp³-hybridized carbons (Fsp3) is 0.941. The van der Waals surface area contributed by atoms with E-state index in [1.165, 1.54) is 38.5 Å². The molecule has 1 atom stereocenters. The van der Waals surface area contributed by atoms with Gasteiger partial charge >= 0.3 is 0 Å². The molecule has 4 bridgehead atoms. The van der Waals surface area contributed by atoms with Crippen molar-refractivity contribution < 1.29 is 9.53 Å². The molecule has 120 valence electrons. The highest BCUT2D eigenvalue weighted by atomic mass is 16.5. The number of ether oxygens (including phenoxy) is 1. The summed E-state index contributed by atoms with van der Waals surface area (Å²) in [5.41, 5.74) is 6.40. The lowest BCUT2D eigenvalue weighted by atomic mass is 9.49. The smallest absolute Gasteiger partial charge is 0.239 e. The summed E-state index contributed by atoms with van der Waals surface area (Å²) in [6.07, 6.45) is 8.97. The number of nitrogens with zero attached hydrogens (tertiary/aromatic N) is 1. The van der Waals surface area contributed by atoms with Crippen LogP contribution in [0.3, 0.4) is 0 Å². The third-order valence-corrected chi connectivity index (χ3v) is 6.06. The molecular formula is C17H30N2O2. The quantitative estimate of drug-likeness (QED) is 0.815. The number of rotatable bonds is 6. The second kappa shape index (κ2) is 5.88. The summed E-state index contributed by atoms with van der Waals surface area (Å²) in [7, 11) is 3.59. The summed E-state index contributed by atoms with van der Waals surface area (Å²) in [5, 5.41) is 0. The Bertz CT molecular complexity index is 361. The van der Waals surface area contributed by atoms with E-state index in [9.17, 15) is 4.79 Å². The third-order valence-electron chi connectivity index (χ3n) is 6.06. The minimum atomic E-state index is -0.413. The Morgan fingerprint density at radius 2 is 1.76 bits per heavy atom. The van der Waals surface area contributed by atoms with Gasteiger partial charge in [0.05, 0.1) is 6.04 Å². The highest BCUT2D eigenvalue weighted by Gasteiger charge is 2.51. The number of likely N-dealkylation sites (N-methyl/N-ethyl adjacent to an activating group) is 1. The third kappa shape index (κ3) is 3.11. The Labute approximate surface area is 128 Å². The Kier molecular flexibility index (Phi) is 4.28. The average molecular weight is 294 g/mol. The van der Waals surface area contributed by atoms with Crippen LogP contribution in [-0.4, -0.2) is 44.2 Å². The van der Waals surface area contributed by atoms with Gasteiger partial charge in [-0.05, 0) is 68.1 Å². The van der Waals surface area contributed by atoms with Crippen molar-refractivity contribution in [2.45, 2.75) is 51.0 Å². The number of carbonyl (C=O) groups excluding carboxylic acids is 1. The maximum atomic E-state index is 12.4. The second-order valence-electron chi connectivity index (χ2n) is 8.00. The summed E-state index contributed by atoms with van der Waals surface area (Å²) in [6.45, 7) is 1.47. The van der Waals surface area contributed by atoms with E-state index < -0.39 is 6.04 Å². The lowest BCUT2D eigenvalue weighted by Gasteiger charge is -2.57. The van der Waals surface area contributed by atoms with Crippen LogP contribution in [0.2, 0.25) is 0 Å². The molecule has 21 heavy (non-hydrogen) atoms. The molecule has 0 saturated heterocycles. The molecule has 0 radical (unpaired) electrons. The molecule has 0 aromatic rings. The lowest BCUT2D eigenvalue weighted by Crippen LogP contribution is -2.53. The number of nitrogens with two attached hydrogens (primary N) is 1. The fourth-order valence-corrected chi connectivity index (χ4v) is 5.72. The zero-order valence-corrected chi connectivity index (χ0v) is 13.5. The largest absolute Gasteiger partial charge is 0.385 e. The van der Waals surface area contributed by atoms with Gasteiger partial charge in [-0.3, -0.25) is 4.79 Å². The van der Waals surface area contributed by atoms with Crippen molar-refractivity contribution in [2.75, 3.05) is 27.3 Å². The molecule has 0 aromatic heterocycles. The Morgan fingerprint density at radius 3 is 2.24 bits per heavy atom. The van der Waals surface area contributed by atoms with Gasteiger partial charge in [0.2, 0.25) is 5.91 Å². The topological polar surface area (TPSA) is 55.6 Å². The SMILES string of the molecule is COCCC(N)C(=O)N(C)CC12CC3CC(CC(C3)C1)C2. The zero-order chi connectivity index (χ0) is 15.0. The molecule has 4 aliphatic rings. The Hall–Kier alpha value is -0.610. The van der Waals surface area contributed by atoms with Crippen LogP contribution in [-0.2, 0) is 9.53 Å². The molecule has 4 nitrogen and oxygen atoms in total. The summed E-state index contributed by atoms with van der Waals surface area (Å²) in [4.78, 5) is 14.3. The molecule has 4 aliphatic carbocycles. The molecule has 1 amide bonds. The van der Waals surface area contributed by atoms with Crippen molar-refractivity contribution >= 4 is 5.91 Å². The molecule has 4 heteroatoms. The van der Waals surface area contributed by atoms with Gasteiger partial charge in [-0.15, -0.1) is 0 Å². The number of hydrogen-bond acceptors (Lipinski definition) is 3. The van der Waals surface area contributed by atoms with E-state index in [1.807, 2.05) is 11.9 Å². The molecule has 0 aromatic carbocycles. The molecule has 1 unspecified atom stereocenters. The number of carbonyl (C=O) groups is 1. The summed E-state index contributed by atoms with van der Waals surface area (Å²) >= 11 is 0. The summed E-state index contributed by atoms with van der Waals surface area (Å²) in [5.74, 6) is 2.88. The van der Waals surface area contributed by atoms with Crippen LogP contribution in [0.25, 0.3) is 0 Å². The van der Waals surface area contributed by atoms with E-state index in [0.717, 1.165) is 24.3 Å². The van der Waals surface area contributed by atoms with Gasteiger partial charge in [-0.2, -0.15) is 0 Å². The predicted molar refractivity (Wildman–Crippen MR) is 82.7 cm³/mol. The maximum absolute atomic E-state index is 12.4. The molecule has 4 rings (SSSR count). The first-order valence-corrected chi connectivity index (χ1v) is 8.51. The van der Waals surface area contributed by atoms with Gasteiger partial charge in [0.25, 0.3) is 0 Å². The highest BCUT2D eigenvalue weighted by molar-refractivity contribution is 5.81. The minimum absolute atomic E-state index is 0.0859. The van der Waals surface area contributed by atoms with E-state index in [-0.39, 0.29) is 5.91 Å². The van der Waals surface area contributed by atoms with Crippen molar-refractivity contribution in [1.29, 1.82) is 0 Å². The first-order chi connectivity index (χ1) is 10.0. The van der Waals surface area contributed by atoms with Crippen LogP contribution in [0, 0.1) is 23.2 Å². The van der Waals surface area contributed by atoms with Crippen molar-refractivity contribution in [1.82, 2.24) is 4.90 Å². The van der Waals surface area contributed by atoms with Crippen molar-refractivity contribution in [3.8, 4) is 0 Å². The molecule has 2 N–H and O–H groups in total. The minimum Gasteiger partial charge on any atom is -0.385 e. The predicted octanol–water partition coefficient (Wildman–Crippen LogP) is 2.02. The second-order valence-corrected chi connectivity index (χ2v) is 8.00. The van der Waals surface area contributed by atoms with Crippen LogP contribution < -0.4 is 5.73 Å². The summed E-state index contributed by atoms with van der Waals surface area (Å²) < 4.78 is 5.03. The number of amides is 1. The van der Waals surface area contributed by atoms with Crippen LogP contribution in [0.4, 0.5) is 0 Å². The number of hydrogen-bond donors (Lipinski definition) is 1. The molecule has 0 spiro atoms. The van der Waals surface area contributed by atoms with E-state index in [4.69, 9.17) is 10.5 Å². The van der Waals surface area contributed by atoms with Gasteiger partial charge in [-0.25, -0.2) is 0 Å². The van der Waals surface area contributed by atoms with Gasteiger partial charge in [-0.1, -0.05) is 0 Å². The van der Waals surface area contributed by atoms with Gasteiger partial charge < -0.3 is 15.4 Å². The molecule has 0 heterocycles. The standard InChI is InChI=1S/C17H30N2O2/c1-19(16(20)15(18)3-4-21-2)11-17-8-12-5-13(9-17)7-14(6-12)10-17/h12-15H,3-11,18H2,1-2H3. The summed E-state index contributed by atoms with van der Waals surface area (Å²) in [6, 6.07) is -0.413. The lowest BCUT2D eigenvalue weighted by molar-refractivity contribution is -0.137. The molecule has 0 aliphatic heterocycles. The zero-order valence-electron chi connectivity index (χ0n) is 13.5. The van der Waals surface area contributed by atoms with Crippen LogP contribution in [0.1, 0.15) is 44.9 Å². The van der Waals surface area contributed by atoms with Crippen molar-refractivity contribution in [3.63, 3.8) is 0 Å². The fourth-order valence-electron chi connectivity index (χ4n) is 5.72. The van der Waals surface area contributed by atoms with Crippen LogP contribution in [0.5, 0.6) is 0 Å². The molecule has 4 fully saturated rings. The van der Waals surface area contributed by atoms with Crippen molar-refractivity contribution in [2.24, 2.45) is 28.9 Å². The monoisotopic (exact) mass is 294 g/mol. The Balaban J connectivity index is 1.59.